The number of thioether (sulfide) groups is 1. The number of carboxylic acids is 1. The maximum Gasteiger partial charge on any atom is 0.313 e. The van der Waals surface area contributed by atoms with Crippen molar-refractivity contribution >= 4 is 63.5 Å². The summed E-state index contributed by atoms with van der Waals surface area (Å²) in [5.41, 5.74) is 0.684. The first-order valence-electron chi connectivity index (χ1n) is 16.4. The van der Waals surface area contributed by atoms with Crippen molar-refractivity contribution in [1.82, 2.24) is 19.6 Å². The maximum absolute atomic E-state index is 13.9. The van der Waals surface area contributed by atoms with Crippen molar-refractivity contribution in [2.45, 2.75) is 48.7 Å². The Morgan fingerprint density at radius 1 is 0.980 bits per heavy atom. The van der Waals surface area contributed by atoms with Gasteiger partial charge < -0.3 is 25.5 Å². The summed E-state index contributed by atoms with van der Waals surface area (Å²) in [6.45, 7) is -0.0187. The third-order valence-corrected chi connectivity index (χ3v) is 12.2. The molecule has 50 heavy (non-hydrogen) atoms. The minimum Gasteiger partial charge on any atom is -0.481 e. The van der Waals surface area contributed by atoms with E-state index in [4.69, 9.17) is 21.4 Å². The number of nitrogens with one attached hydrogen (secondary N) is 2. The van der Waals surface area contributed by atoms with E-state index in [0.29, 0.717) is 5.13 Å². The van der Waals surface area contributed by atoms with Crippen LogP contribution >= 0.6 is 34.9 Å². The molecule has 7 rings (SSSR count). The Morgan fingerprint density at radius 2 is 1.56 bits per heavy atom. The zero-order valence-corrected chi connectivity index (χ0v) is 29.3. The normalized spacial score (nSPS) is 22.4. The molecule has 2 amide bonds. The molecule has 3 fully saturated rings. The lowest BCUT2D eigenvalue weighted by Crippen LogP contribution is -2.74. The summed E-state index contributed by atoms with van der Waals surface area (Å²) in [4.78, 5) is 51.2. The third kappa shape index (κ3) is 6.33. The number of hydrogen-bond donors (Lipinski definition) is 3. The van der Waals surface area contributed by atoms with Crippen molar-refractivity contribution in [3.63, 3.8) is 0 Å². The first-order chi connectivity index (χ1) is 24.3. The van der Waals surface area contributed by atoms with Crippen LogP contribution in [-0.4, -0.2) is 78.6 Å². The van der Waals surface area contributed by atoms with Crippen LogP contribution in [0.25, 0.3) is 0 Å². The second-order valence-electron chi connectivity index (χ2n) is 12.7. The van der Waals surface area contributed by atoms with E-state index in [-0.39, 0.29) is 41.7 Å². The number of oxime groups is 1. The molecule has 3 aliphatic rings. The molecule has 3 N–H and O–H groups in total. The van der Waals surface area contributed by atoms with E-state index >= 15 is 0 Å². The van der Waals surface area contributed by atoms with Crippen molar-refractivity contribution in [2.24, 2.45) is 10.6 Å². The Balaban J connectivity index is 1.19. The molecular formula is C36H35ClN6O5S2. The molecule has 4 aromatic rings. The van der Waals surface area contributed by atoms with Gasteiger partial charge >= 0.3 is 5.97 Å². The van der Waals surface area contributed by atoms with E-state index in [1.165, 1.54) is 16.7 Å². The number of anilines is 1. The summed E-state index contributed by atoms with van der Waals surface area (Å²) in [7, 11) is 0. The fourth-order valence-corrected chi connectivity index (χ4v) is 9.29. The zero-order valence-electron chi connectivity index (χ0n) is 26.9. The lowest BCUT2D eigenvalue weighted by molar-refractivity contribution is -0.157. The number of aliphatic carboxylic acids is 1. The molecule has 3 atom stereocenters. The summed E-state index contributed by atoms with van der Waals surface area (Å²) in [5.74, 6) is -1.93. The number of carboxylic acid groups (broad SMARTS) is 1. The highest BCUT2D eigenvalue weighted by molar-refractivity contribution is 8.00. The number of rotatable bonds is 12. The fourth-order valence-electron chi connectivity index (χ4n) is 6.72. The molecule has 1 aliphatic carbocycles. The fraction of sp³-hybridized carbons (Fsp3) is 0.333. The van der Waals surface area contributed by atoms with Crippen LogP contribution in [0.2, 0.25) is 0 Å². The number of hydrogen-bond acceptors (Lipinski definition) is 10. The molecule has 2 saturated heterocycles. The molecule has 0 spiro atoms. The predicted octanol–water partition coefficient (Wildman–Crippen LogP) is 5.32. The van der Waals surface area contributed by atoms with Crippen molar-refractivity contribution < 1.29 is 24.3 Å². The lowest BCUT2D eigenvalue weighted by atomic mass is 9.77. The molecule has 0 radical (unpaired) electrons. The minimum atomic E-state index is -1.24. The van der Waals surface area contributed by atoms with Gasteiger partial charge in [0, 0.05) is 29.7 Å². The van der Waals surface area contributed by atoms with Gasteiger partial charge in [-0.25, -0.2) is 0 Å². The van der Waals surface area contributed by atoms with E-state index < -0.39 is 34.2 Å². The second-order valence-corrected chi connectivity index (χ2v) is 14.8. The molecule has 3 aromatic carbocycles. The lowest BCUT2D eigenvalue weighted by Gasteiger charge is -2.53. The molecule has 1 saturated carbocycles. The number of amides is 2. The SMILES string of the molecule is O=C(N[C@@H]1C(=O)N2CC(CCl)(C(=O)O)CS[C@H]12)C(=NOC1CCCC1)c1nsc(NC(c2ccccc2)(c2ccccc2)c2ccccc2)n1. The van der Waals surface area contributed by atoms with Gasteiger partial charge in [-0.15, -0.1) is 23.4 Å². The number of halogens is 1. The van der Waals surface area contributed by atoms with Gasteiger partial charge in [0.25, 0.3) is 5.91 Å². The Hall–Kier alpha value is -4.46. The molecule has 258 valence electrons. The predicted molar refractivity (Wildman–Crippen MR) is 193 cm³/mol. The topological polar surface area (TPSA) is 146 Å². The number of benzene rings is 3. The van der Waals surface area contributed by atoms with Crippen LogP contribution in [0, 0.1) is 5.41 Å². The van der Waals surface area contributed by atoms with Crippen LogP contribution in [0.3, 0.4) is 0 Å². The van der Waals surface area contributed by atoms with E-state index in [1.54, 1.807) is 0 Å². The smallest absolute Gasteiger partial charge is 0.313 e. The summed E-state index contributed by atoms with van der Waals surface area (Å²) < 4.78 is 4.57. The summed E-state index contributed by atoms with van der Waals surface area (Å²) in [6, 6.07) is 29.3. The van der Waals surface area contributed by atoms with Gasteiger partial charge in [-0.05, 0) is 42.4 Å². The monoisotopic (exact) mass is 730 g/mol. The van der Waals surface area contributed by atoms with E-state index in [9.17, 15) is 19.5 Å². The molecule has 1 aromatic heterocycles. The second kappa shape index (κ2) is 14.4. The Bertz CT molecular complexity index is 1780. The van der Waals surface area contributed by atoms with Crippen molar-refractivity contribution in [3.05, 3.63) is 114 Å². The highest BCUT2D eigenvalue weighted by Crippen LogP contribution is 2.43. The van der Waals surface area contributed by atoms with Crippen LogP contribution in [0.15, 0.2) is 96.2 Å². The number of β-lactam (4-membered cyclic amide) rings is 1. The van der Waals surface area contributed by atoms with Gasteiger partial charge in [0.2, 0.25) is 22.6 Å². The highest BCUT2D eigenvalue weighted by Gasteiger charge is 2.57. The molecule has 11 nitrogen and oxygen atoms in total. The number of fused-ring (bicyclic) bond motifs is 1. The number of aromatic nitrogens is 2. The van der Waals surface area contributed by atoms with Gasteiger partial charge in [0.05, 0.1) is 0 Å². The Labute approximate surface area is 302 Å². The van der Waals surface area contributed by atoms with Gasteiger partial charge in [0.15, 0.2) is 0 Å². The van der Waals surface area contributed by atoms with E-state index in [2.05, 4.69) is 56.6 Å². The van der Waals surface area contributed by atoms with Crippen LogP contribution < -0.4 is 10.6 Å². The van der Waals surface area contributed by atoms with Crippen LogP contribution in [0.5, 0.6) is 0 Å². The van der Waals surface area contributed by atoms with Crippen LogP contribution in [0.4, 0.5) is 5.13 Å². The van der Waals surface area contributed by atoms with Gasteiger partial charge in [0.1, 0.15) is 28.5 Å². The maximum atomic E-state index is 13.9. The van der Waals surface area contributed by atoms with Gasteiger partial charge in [-0.3, -0.25) is 14.4 Å². The standard InChI is InChI=1S/C36H35ClN6O5S2/c37-20-35(33(46)47)21-43-31(45)28(32(43)49-22-35)38-30(44)27(41-48-26-18-10-11-19-26)29-39-34(50-42-29)40-36(23-12-4-1-5-13-23,24-14-6-2-7-15-24)25-16-8-3-9-17-25/h1-9,12-17,26,28,32H,10-11,18-22H2,(H,38,44)(H,46,47)(H,39,40,42)/t28-,32-,35?/m1/s1. The Kier molecular flexibility index (Phi) is 9.80. The minimum absolute atomic E-state index is 0.0187. The summed E-state index contributed by atoms with van der Waals surface area (Å²) in [6.07, 6.45) is 3.53. The first kappa shape index (κ1) is 34.0. The molecule has 3 heterocycles. The quantitative estimate of drug-likeness (QED) is 0.0580. The van der Waals surface area contributed by atoms with Crippen LogP contribution in [0.1, 0.15) is 48.2 Å². The molecule has 1 unspecified atom stereocenters. The largest absolute Gasteiger partial charge is 0.481 e. The molecule has 0 bridgehead atoms. The molecular weight excluding hydrogens is 696 g/mol. The van der Waals surface area contributed by atoms with Crippen molar-refractivity contribution in [1.29, 1.82) is 0 Å². The molecule has 2 aliphatic heterocycles. The summed E-state index contributed by atoms with van der Waals surface area (Å²) >= 11 is 8.41. The Morgan fingerprint density at radius 3 is 2.10 bits per heavy atom. The van der Waals surface area contributed by atoms with E-state index in [0.717, 1.165) is 53.9 Å². The van der Waals surface area contributed by atoms with Crippen molar-refractivity contribution in [2.75, 3.05) is 23.5 Å². The third-order valence-electron chi connectivity index (χ3n) is 9.50. The van der Waals surface area contributed by atoms with E-state index in [1.807, 2.05) is 54.6 Å². The molecule has 14 heteroatoms. The van der Waals surface area contributed by atoms with Gasteiger partial charge in [-0.1, -0.05) is 96.2 Å². The number of alkyl halides is 1. The highest BCUT2D eigenvalue weighted by atomic mass is 35.5. The zero-order chi connectivity index (χ0) is 34.7. The summed E-state index contributed by atoms with van der Waals surface area (Å²) in [5, 5.41) is 20.6. The number of carbonyl (C=O) groups is 3. The number of carbonyl (C=O) groups excluding carboxylic acids is 2. The van der Waals surface area contributed by atoms with Crippen LogP contribution in [-0.2, 0) is 24.8 Å². The average molecular weight is 731 g/mol. The number of nitrogens with zero attached hydrogens (tertiary/aromatic N) is 4. The van der Waals surface area contributed by atoms with Crippen molar-refractivity contribution in [3.8, 4) is 0 Å². The average Bonchev–Trinajstić information content (AvgIpc) is 3.86. The van der Waals surface area contributed by atoms with Gasteiger partial charge in [-0.2, -0.15) is 9.36 Å². The first-order valence-corrected chi connectivity index (χ1v) is 18.8.